The molecule has 0 spiro atoms. The van der Waals surface area contributed by atoms with E-state index >= 15 is 0 Å². The molecule has 0 radical (unpaired) electrons. The third-order valence-electron chi connectivity index (χ3n) is 3.55. The van der Waals surface area contributed by atoms with Crippen LogP contribution in [0.4, 0.5) is 8.78 Å². The predicted molar refractivity (Wildman–Crippen MR) is 60.4 cm³/mol. The van der Waals surface area contributed by atoms with Crippen molar-refractivity contribution in [3.05, 3.63) is 35.4 Å². The van der Waals surface area contributed by atoms with E-state index in [9.17, 15) is 8.78 Å². The first kappa shape index (κ1) is 11.5. The summed E-state index contributed by atoms with van der Waals surface area (Å²) in [5.41, 5.74) is 0.731. The van der Waals surface area contributed by atoms with E-state index in [-0.39, 0.29) is 5.41 Å². The van der Waals surface area contributed by atoms with Gasteiger partial charge < -0.3 is 5.32 Å². The van der Waals surface area contributed by atoms with Crippen molar-refractivity contribution in [3.8, 4) is 0 Å². The lowest BCUT2D eigenvalue weighted by atomic mass is 9.79. The minimum absolute atomic E-state index is 0.0717. The van der Waals surface area contributed by atoms with Gasteiger partial charge in [-0.2, -0.15) is 0 Å². The van der Waals surface area contributed by atoms with Crippen LogP contribution in [0.15, 0.2) is 18.2 Å². The SMILES string of the molecule is CNCC1(c2cc(F)cc(F)c2)CCCC1. The second-order valence-electron chi connectivity index (χ2n) is 4.68. The molecule has 0 aromatic heterocycles. The third kappa shape index (κ3) is 2.09. The molecule has 1 aromatic rings. The van der Waals surface area contributed by atoms with Crippen molar-refractivity contribution in [2.24, 2.45) is 0 Å². The molecule has 1 nitrogen and oxygen atoms in total. The van der Waals surface area contributed by atoms with Crippen molar-refractivity contribution in [1.29, 1.82) is 0 Å². The maximum Gasteiger partial charge on any atom is 0.126 e. The van der Waals surface area contributed by atoms with Crippen LogP contribution < -0.4 is 5.32 Å². The molecule has 0 atom stereocenters. The van der Waals surface area contributed by atoms with E-state index in [1.54, 1.807) is 0 Å². The summed E-state index contributed by atoms with van der Waals surface area (Å²) in [6.45, 7) is 0.788. The van der Waals surface area contributed by atoms with Gasteiger partial charge in [-0.15, -0.1) is 0 Å². The van der Waals surface area contributed by atoms with Crippen LogP contribution in [0, 0.1) is 11.6 Å². The van der Waals surface area contributed by atoms with E-state index in [0.29, 0.717) is 0 Å². The fraction of sp³-hybridized carbons (Fsp3) is 0.538. The van der Waals surface area contributed by atoms with Crippen LogP contribution in [0.5, 0.6) is 0 Å². The maximum absolute atomic E-state index is 13.2. The number of likely N-dealkylation sites (N-methyl/N-ethyl adjacent to an activating group) is 1. The molecule has 1 fully saturated rings. The molecule has 1 N–H and O–H groups in total. The van der Waals surface area contributed by atoms with Crippen molar-refractivity contribution < 1.29 is 8.78 Å². The second kappa shape index (κ2) is 4.50. The van der Waals surface area contributed by atoms with Gasteiger partial charge in [0.05, 0.1) is 0 Å². The van der Waals surface area contributed by atoms with Gasteiger partial charge >= 0.3 is 0 Å². The molecule has 1 aliphatic carbocycles. The minimum atomic E-state index is -0.475. The number of hydrogen-bond acceptors (Lipinski definition) is 1. The van der Waals surface area contributed by atoms with Crippen molar-refractivity contribution in [1.82, 2.24) is 5.32 Å². The van der Waals surface area contributed by atoms with Crippen molar-refractivity contribution in [2.75, 3.05) is 13.6 Å². The molecular weight excluding hydrogens is 208 g/mol. The van der Waals surface area contributed by atoms with E-state index in [0.717, 1.165) is 43.9 Å². The van der Waals surface area contributed by atoms with Gasteiger partial charge in [-0.05, 0) is 37.6 Å². The molecule has 1 aromatic carbocycles. The number of halogens is 2. The Morgan fingerprint density at radius 3 is 2.19 bits per heavy atom. The number of benzene rings is 1. The molecule has 0 unspecified atom stereocenters. The van der Waals surface area contributed by atoms with Crippen LogP contribution >= 0.6 is 0 Å². The lowest BCUT2D eigenvalue weighted by Crippen LogP contribution is -2.34. The smallest absolute Gasteiger partial charge is 0.126 e. The van der Waals surface area contributed by atoms with Gasteiger partial charge in [-0.25, -0.2) is 8.78 Å². The Morgan fingerprint density at radius 2 is 1.69 bits per heavy atom. The summed E-state index contributed by atoms with van der Waals surface area (Å²) < 4.78 is 26.5. The lowest BCUT2D eigenvalue weighted by molar-refractivity contribution is 0.415. The quantitative estimate of drug-likeness (QED) is 0.833. The van der Waals surface area contributed by atoms with E-state index in [1.165, 1.54) is 12.1 Å². The van der Waals surface area contributed by atoms with E-state index in [1.807, 2.05) is 7.05 Å². The number of rotatable bonds is 3. The zero-order valence-electron chi connectivity index (χ0n) is 9.52. The summed E-state index contributed by atoms with van der Waals surface area (Å²) in [5, 5.41) is 3.14. The highest BCUT2D eigenvalue weighted by molar-refractivity contribution is 5.28. The van der Waals surface area contributed by atoms with Crippen LogP contribution in [-0.4, -0.2) is 13.6 Å². The van der Waals surface area contributed by atoms with Gasteiger partial charge in [-0.1, -0.05) is 12.8 Å². The zero-order valence-corrected chi connectivity index (χ0v) is 9.52. The number of hydrogen-bond donors (Lipinski definition) is 1. The molecule has 0 aliphatic heterocycles. The third-order valence-corrected chi connectivity index (χ3v) is 3.55. The highest BCUT2D eigenvalue weighted by atomic mass is 19.1. The Morgan fingerprint density at radius 1 is 1.12 bits per heavy atom. The van der Waals surface area contributed by atoms with Crippen LogP contribution in [-0.2, 0) is 5.41 Å². The standard InChI is InChI=1S/C13H17F2N/c1-16-9-13(4-2-3-5-13)10-6-11(14)8-12(15)7-10/h6-8,16H,2-5,9H2,1H3. The monoisotopic (exact) mass is 225 g/mol. The van der Waals surface area contributed by atoms with Gasteiger partial charge in [0.1, 0.15) is 11.6 Å². The average Bonchev–Trinajstić information content (AvgIpc) is 2.66. The molecule has 16 heavy (non-hydrogen) atoms. The van der Waals surface area contributed by atoms with E-state index < -0.39 is 11.6 Å². The van der Waals surface area contributed by atoms with Gasteiger partial charge in [0.15, 0.2) is 0 Å². The Bertz CT molecular complexity index is 350. The second-order valence-corrected chi connectivity index (χ2v) is 4.68. The molecular formula is C13H17F2N. The molecule has 88 valence electrons. The summed E-state index contributed by atoms with van der Waals surface area (Å²) in [7, 11) is 1.88. The van der Waals surface area contributed by atoms with Gasteiger partial charge in [-0.3, -0.25) is 0 Å². The summed E-state index contributed by atoms with van der Waals surface area (Å²) in [4.78, 5) is 0. The van der Waals surface area contributed by atoms with Crippen LogP contribution in [0.2, 0.25) is 0 Å². The zero-order chi connectivity index (χ0) is 11.6. The predicted octanol–water partition coefficient (Wildman–Crippen LogP) is 3.00. The lowest BCUT2D eigenvalue weighted by Gasteiger charge is -2.29. The van der Waals surface area contributed by atoms with Gasteiger partial charge in [0, 0.05) is 18.0 Å². The fourth-order valence-corrected chi connectivity index (χ4v) is 2.82. The molecule has 0 heterocycles. The molecule has 0 amide bonds. The summed E-state index contributed by atoms with van der Waals surface area (Å²) in [5.74, 6) is -0.949. The number of nitrogens with one attached hydrogen (secondary N) is 1. The van der Waals surface area contributed by atoms with Gasteiger partial charge in [0.25, 0.3) is 0 Å². The van der Waals surface area contributed by atoms with E-state index in [4.69, 9.17) is 0 Å². The highest BCUT2D eigenvalue weighted by Crippen LogP contribution is 2.40. The first-order valence-electron chi connectivity index (χ1n) is 5.77. The molecule has 0 saturated heterocycles. The van der Waals surface area contributed by atoms with Crippen molar-refractivity contribution in [3.63, 3.8) is 0 Å². The highest BCUT2D eigenvalue weighted by Gasteiger charge is 2.35. The molecule has 1 aliphatic rings. The van der Waals surface area contributed by atoms with Gasteiger partial charge in [0.2, 0.25) is 0 Å². The minimum Gasteiger partial charge on any atom is -0.319 e. The van der Waals surface area contributed by atoms with E-state index in [2.05, 4.69) is 5.32 Å². The molecule has 0 bridgehead atoms. The first-order valence-corrected chi connectivity index (χ1v) is 5.77. The van der Waals surface area contributed by atoms with Crippen molar-refractivity contribution >= 4 is 0 Å². The Labute approximate surface area is 94.9 Å². The average molecular weight is 225 g/mol. The largest absolute Gasteiger partial charge is 0.319 e. The molecule has 2 rings (SSSR count). The van der Waals surface area contributed by atoms with Crippen molar-refractivity contribution in [2.45, 2.75) is 31.1 Å². The Hall–Kier alpha value is -0.960. The molecule has 1 saturated carbocycles. The topological polar surface area (TPSA) is 12.0 Å². The summed E-state index contributed by atoms with van der Waals surface area (Å²) in [6.07, 6.45) is 4.30. The fourth-order valence-electron chi connectivity index (χ4n) is 2.82. The van der Waals surface area contributed by atoms with Crippen LogP contribution in [0.1, 0.15) is 31.2 Å². The van der Waals surface area contributed by atoms with Crippen LogP contribution in [0.3, 0.4) is 0 Å². The maximum atomic E-state index is 13.2. The first-order chi connectivity index (χ1) is 7.66. The summed E-state index contributed by atoms with van der Waals surface area (Å²) in [6, 6.07) is 3.89. The molecule has 3 heteroatoms. The Balaban J connectivity index is 2.38. The normalized spacial score (nSPS) is 18.9. The van der Waals surface area contributed by atoms with Crippen LogP contribution in [0.25, 0.3) is 0 Å². The Kier molecular flexibility index (Phi) is 3.24. The summed E-state index contributed by atoms with van der Waals surface area (Å²) >= 11 is 0.